The fraction of sp³-hybridized carbons (Fsp3) is 0.667. The number of ether oxygens (including phenoxy) is 1. The second-order valence-electron chi connectivity index (χ2n) is 6.46. The molecule has 0 aromatic carbocycles. The zero-order valence-electron chi connectivity index (χ0n) is 14.7. The summed E-state index contributed by atoms with van der Waals surface area (Å²) in [5, 5.41) is 0. The molecule has 1 fully saturated rings. The maximum absolute atomic E-state index is 13.3. The van der Waals surface area contributed by atoms with E-state index in [1.165, 1.54) is 21.0 Å². The van der Waals surface area contributed by atoms with Gasteiger partial charge in [-0.25, -0.2) is 13.2 Å². The lowest BCUT2D eigenvalue weighted by Crippen LogP contribution is -2.56. The molecule has 9 nitrogen and oxygen atoms in total. The highest BCUT2D eigenvalue weighted by molar-refractivity contribution is 7.89. The van der Waals surface area contributed by atoms with Crippen LogP contribution in [0, 0.1) is 12.8 Å². The topological polar surface area (TPSA) is 129 Å². The highest BCUT2D eigenvalue weighted by Gasteiger charge is 2.49. The summed E-state index contributed by atoms with van der Waals surface area (Å²) in [7, 11) is -3.15. The Labute approximate surface area is 145 Å². The minimum atomic E-state index is -4.34. The van der Waals surface area contributed by atoms with Crippen LogP contribution >= 0.6 is 0 Å². The van der Waals surface area contributed by atoms with Crippen molar-refractivity contribution in [2.45, 2.75) is 50.5 Å². The van der Waals surface area contributed by atoms with Crippen molar-refractivity contribution in [3.05, 3.63) is 26.5 Å². The first kappa shape index (κ1) is 19.4. The highest BCUT2D eigenvalue weighted by Crippen LogP contribution is 2.36. The van der Waals surface area contributed by atoms with Gasteiger partial charge in [-0.3, -0.25) is 14.6 Å². The minimum Gasteiger partial charge on any atom is -0.468 e. The average Bonchev–Trinajstić information content (AvgIpc) is 3.33. The number of methoxy groups -OCH3 is 1. The van der Waals surface area contributed by atoms with E-state index in [0.717, 1.165) is 17.1 Å². The van der Waals surface area contributed by atoms with Gasteiger partial charge in [0.2, 0.25) is 0 Å². The molecular formula is C15H23N3O6S. The predicted octanol–water partition coefficient (Wildman–Crippen LogP) is 0.114. The molecule has 0 aliphatic heterocycles. The maximum atomic E-state index is 13.3. The number of aromatic nitrogens is 2. The number of sulfonamides is 1. The fourth-order valence-corrected chi connectivity index (χ4v) is 4.84. The van der Waals surface area contributed by atoms with Gasteiger partial charge in [-0.1, -0.05) is 6.92 Å². The van der Waals surface area contributed by atoms with E-state index in [2.05, 4.69) is 4.98 Å². The molecule has 1 aliphatic carbocycles. The van der Waals surface area contributed by atoms with E-state index in [1.807, 2.05) is 4.98 Å². The Morgan fingerprint density at radius 1 is 1.32 bits per heavy atom. The Balaban J connectivity index is 2.67. The summed E-state index contributed by atoms with van der Waals surface area (Å²) in [6, 6.07) is 0. The van der Waals surface area contributed by atoms with Crippen LogP contribution in [-0.2, 0) is 19.6 Å². The number of aryl methyl sites for hydroxylation is 1. The number of carbonyl (C=O) groups is 1. The molecule has 140 valence electrons. The van der Waals surface area contributed by atoms with E-state index < -0.39 is 37.7 Å². The molecule has 1 aromatic rings. The Morgan fingerprint density at radius 3 is 2.36 bits per heavy atom. The first-order valence-electron chi connectivity index (χ1n) is 8.02. The summed E-state index contributed by atoms with van der Waals surface area (Å²) >= 11 is 0. The van der Waals surface area contributed by atoms with Crippen LogP contribution < -0.4 is 11.2 Å². The number of hydrogen-bond acceptors (Lipinski definition) is 6. The highest BCUT2D eigenvalue weighted by atomic mass is 32.2. The third kappa shape index (κ3) is 3.54. The molecule has 0 amide bonds. The molecule has 2 rings (SSSR count). The van der Waals surface area contributed by atoms with E-state index >= 15 is 0 Å². The first-order valence-corrected chi connectivity index (χ1v) is 9.46. The van der Waals surface area contributed by atoms with Crippen LogP contribution in [0.2, 0.25) is 0 Å². The smallest absolute Gasteiger partial charge is 0.327 e. The van der Waals surface area contributed by atoms with Crippen LogP contribution in [0.4, 0.5) is 0 Å². The number of carbonyl (C=O) groups excluding carboxylic acids is 1. The van der Waals surface area contributed by atoms with Gasteiger partial charge in [0.1, 0.15) is 5.54 Å². The molecule has 0 spiro atoms. The van der Waals surface area contributed by atoms with E-state index in [0.29, 0.717) is 0 Å². The minimum absolute atomic E-state index is 0.0714. The van der Waals surface area contributed by atoms with Gasteiger partial charge >= 0.3 is 11.7 Å². The Kier molecular flexibility index (Phi) is 5.24. The zero-order chi connectivity index (χ0) is 19.0. The molecule has 1 unspecified atom stereocenters. The van der Waals surface area contributed by atoms with Gasteiger partial charge in [-0.2, -0.15) is 4.31 Å². The molecule has 10 heteroatoms. The summed E-state index contributed by atoms with van der Waals surface area (Å²) in [5.41, 5.74) is -3.32. The molecule has 0 bridgehead atoms. The van der Waals surface area contributed by atoms with Crippen molar-refractivity contribution in [1.82, 2.24) is 14.3 Å². The van der Waals surface area contributed by atoms with Crippen molar-refractivity contribution in [1.29, 1.82) is 0 Å². The molecule has 0 radical (unpaired) electrons. The van der Waals surface area contributed by atoms with Crippen molar-refractivity contribution >= 4 is 16.0 Å². The molecule has 1 saturated carbocycles. The van der Waals surface area contributed by atoms with Gasteiger partial charge in [0.15, 0.2) is 4.90 Å². The van der Waals surface area contributed by atoms with Crippen molar-refractivity contribution in [3.63, 3.8) is 0 Å². The third-order valence-corrected chi connectivity index (χ3v) is 6.75. The number of nitrogens with zero attached hydrogens (tertiary/aromatic N) is 1. The van der Waals surface area contributed by atoms with Crippen molar-refractivity contribution < 1.29 is 17.9 Å². The molecule has 1 atom stereocenters. The van der Waals surface area contributed by atoms with Gasteiger partial charge in [0.05, 0.1) is 7.11 Å². The summed E-state index contributed by atoms with van der Waals surface area (Å²) in [5.74, 6) is -0.565. The predicted molar refractivity (Wildman–Crippen MR) is 89.7 cm³/mol. The molecule has 1 aliphatic rings. The van der Waals surface area contributed by atoms with E-state index in [-0.39, 0.29) is 24.6 Å². The van der Waals surface area contributed by atoms with Crippen LogP contribution in [0.15, 0.2) is 14.5 Å². The molecule has 2 N–H and O–H groups in total. The molecule has 25 heavy (non-hydrogen) atoms. The Morgan fingerprint density at radius 2 is 1.92 bits per heavy atom. The number of H-pyrrole nitrogens is 2. The van der Waals surface area contributed by atoms with E-state index in [9.17, 15) is 22.8 Å². The van der Waals surface area contributed by atoms with Gasteiger partial charge in [-0.15, -0.1) is 0 Å². The zero-order valence-corrected chi connectivity index (χ0v) is 15.5. The largest absolute Gasteiger partial charge is 0.468 e. The lowest BCUT2D eigenvalue weighted by molar-refractivity contribution is -0.151. The average molecular weight is 373 g/mol. The fourth-order valence-electron chi connectivity index (χ4n) is 2.75. The lowest BCUT2D eigenvalue weighted by atomic mass is 9.99. The molecular weight excluding hydrogens is 350 g/mol. The quantitative estimate of drug-likeness (QED) is 0.653. The Hall–Kier alpha value is -1.94. The number of hydrogen-bond donors (Lipinski definition) is 2. The number of rotatable bonds is 7. The number of aromatic amines is 2. The Bertz CT molecular complexity index is 883. The summed E-state index contributed by atoms with van der Waals surface area (Å²) in [6.45, 7) is 4.60. The van der Waals surface area contributed by atoms with Gasteiger partial charge in [0.25, 0.3) is 15.6 Å². The van der Waals surface area contributed by atoms with Gasteiger partial charge < -0.3 is 9.72 Å². The molecule has 0 saturated heterocycles. The molecule has 1 heterocycles. The van der Waals surface area contributed by atoms with Gasteiger partial charge in [0, 0.05) is 12.2 Å². The maximum Gasteiger partial charge on any atom is 0.327 e. The lowest BCUT2D eigenvalue weighted by Gasteiger charge is -2.37. The van der Waals surface area contributed by atoms with Crippen molar-refractivity contribution in [2.24, 2.45) is 5.92 Å². The summed E-state index contributed by atoms with van der Waals surface area (Å²) in [6.07, 6.45) is 1.88. The standard InChI is InChI=1S/C15H23N3O6S/c1-5-15(3,13(20)24-4)18(8-10-6-7-10)25(22,23)11-9(2)16-14(21)17-12(11)19/h10H,5-8H2,1-4H3,(H2,16,17,19,21). The third-order valence-electron chi connectivity index (χ3n) is 4.61. The van der Waals surface area contributed by atoms with Crippen molar-refractivity contribution in [3.8, 4) is 0 Å². The summed E-state index contributed by atoms with van der Waals surface area (Å²) < 4.78 is 32.4. The van der Waals surface area contributed by atoms with Crippen LogP contribution in [0.1, 0.15) is 38.8 Å². The monoisotopic (exact) mass is 373 g/mol. The second kappa shape index (κ2) is 6.75. The first-order chi connectivity index (χ1) is 11.6. The van der Waals surface area contributed by atoms with E-state index in [4.69, 9.17) is 4.74 Å². The van der Waals surface area contributed by atoms with E-state index in [1.54, 1.807) is 6.92 Å². The molecule has 1 aromatic heterocycles. The van der Waals surface area contributed by atoms with Crippen LogP contribution in [0.5, 0.6) is 0 Å². The second-order valence-corrected chi connectivity index (χ2v) is 8.26. The number of esters is 1. The number of nitrogens with one attached hydrogen (secondary N) is 2. The van der Waals surface area contributed by atoms with Gasteiger partial charge in [-0.05, 0) is 39.0 Å². The van der Waals surface area contributed by atoms with Crippen molar-refractivity contribution in [2.75, 3.05) is 13.7 Å². The van der Waals surface area contributed by atoms with Crippen LogP contribution in [0.25, 0.3) is 0 Å². The summed E-state index contributed by atoms with van der Waals surface area (Å²) in [4.78, 5) is 39.5. The van der Waals surface area contributed by atoms with Crippen LogP contribution in [0.3, 0.4) is 0 Å². The van der Waals surface area contributed by atoms with Crippen LogP contribution in [-0.4, -0.2) is 47.9 Å². The normalized spacial score (nSPS) is 17.3. The SMILES string of the molecule is CCC(C)(C(=O)OC)N(CC1CC1)S(=O)(=O)c1c(C)[nH]c(=O)[nH]c1=O.